The summed E-state index contributed by atoms with van der Waals surface area (Å²) in [5.74, 6) is -0.581. The molecule has 0 saturated carbocycles. The number of nitrogens with one attached hydrogen (secondary N) is 2. The van der Waals surface area contributed by atoms with Gasteiger partial charge in [-0.2, -0.15) is 5.10 Å². The van der Waals surface area contributed by atoms with Crippen molar-refractivity contribution in [2.24, 2.45) is 11.8 Å². The van der Waals surface area contributed by atoms with Crippen LogP contribution in [0.3, 0.4) is 0 Å². The van der Waals surface area contributed by atoms with Crippen LogP contribution in [0, 0.1) is 18.8 Å². The Morgan fingerprint density at radius 3 is 2.80 bits per heavy atom. The van der Waals surface area contributed by atoms with E-state index in [0.717, 1.165) is 5.76 Å². The first-order valence-corrected chi connectivity index (χ1v) is 8.25. The maximum Gasteiger partial charge on any atom is 0.308 e. The number of nitrogens with zero attached hydrogens (tertiary/aromatic N) is 1. The Balaban J connectivity index is 1.61. The highest BCUT2D eigenvalue weighted by atomic mass is 16.5. The molecule has 2 aromatic heterocycles. The number of carbonyl (C=O) groups excluding carboxylic acids is 1. The Morgan fingerprint density at radius 2 is 2.16 bits per heavy atom. The molecule has 0 aromatic carbocycles. The molecule has 3 heterocycles. The van der Waals surface area contributed by atoms with Crippen LogP contribution in [-0.4, -0.2) is 46.9 Å². The van der Waals surface area contributed by atoms with E-state index in [2.05, 4.69) is 15.5 Å². The summed E-state index contributed by atoms with van der Waals surface area (Å²) >= 11 is 0. The number of furan rings is 1. The number of aromatic amines is 1. The van der Waals surface area contributed by atoms with Gasteiger partial charge in [0, 0.05) is 25.8 Å². The number of aliphatic carboxylic acids is 1. The fourth-order valence-electron chi connectivity index (χ4n) is 3.01. The highest BCUT2D eigenvalue weighted by Crippen LogP contribution is 2.24. The van der Waals surface area contributed by atoms with Crippen LogP contribution in [0.2, 0.25) is 0 Å². The van der Waals surface area contributed by atoms with E-state index in [1.807, 2.05) is 13.0 Å². The van der Waals surface area contributed by atoms with Crippen molar-refractivity contribution in [1.82, 2.24) is 15.5 Å². The maximum atomic E-state index is 12.3. The molecule has 1 aliphatic rings. The summed E-state index contributed by atoms with van der Waals surface area (Å²) in [7, 11) is 0. The monoisotopic (exact) mass is 347 g/mol. The highest BCUT2D eigenvalue weighted by Gasteiger charge is 2.30. The van der Waals surface area contributed by atoms with Crippen LogP contribution in [0.1, 0.15) is 29.1 Å². The number of carboxylic acid groups (broad SMARTS) is 1. The molecule has 1 saturated heterocycles. The number of amides is 1. The van der Waals surface area contributed by atoms with E-state index < -0.39 is 17.8 Å². The van der Waals surface area contributed by atoms with Crippen LogP contribution in [0.4, 0.5) is 0 Å². The summed E-state index contributed by atoms with van der Waals surface area (Å²) in [6, 6.07) is 5.19. The molecule has 1 unspecified atom stereocenters. The summed E-state index contributed by atoms with van der Waals surface area (Å²) in [6.45, 7) is 3.03. The molecule has 1 atom stereocenters. The zero-order valence-electron chi connectivity index (χ0n) is 13.9. The SMILES string of the molecule is Cc1ccc(-c2cc(C(=O)NCC(C(=O)O)C3CCOCC3)n[nH]2)o1. The second-order valence-corrected chi connectivity index (χ2v) is 6.18. The lowest BCUT2D eigenvalue weighted by Crippen LogP contribution is -2.39. The number of hydrogen-bond acceptors (Lipinski definition) is 5. The molecule has 0 bridgehead atoms. The number of rotatable bonds is 6. The Kier molecular flexibility index (Phi) is 5.18. The zero-order chi connectivity index (χ0) is 17.8. The van der Waals surface area contributed by atoms with Crippen molar-refractivity contribution in [2.45, 2.75) is 19.8 Å². The molecule has 25 heavy (non-hydrogen) atoms. The van der Waals surface area contributed by atoms with E-state index in [-0.39, 0.29) is 18.2 Å². The normalized spacial score (nSPS) is 16.5. The molecule has 0 spiro atoms. The van der Waals surface area contributed by atoms with Crippen molar-refractivity contribution in [3.63, 3.8) is 0 Å². The third-order valence-electron chi connectivity index (χ3n) is 4.45. The van der Waals surface area contributed by atoms with E-state index in [9.17, 15) is 14.7 Å². The van der Waals surface area contributed by atoms with Gasteiger partial charge in [-0.3, -0.25) is 14.7 Å². The second-order valence-electron chi connectivity index (χ2n) is 6.18. The molecule has 8 nitrogen and oxygen atoms in total. The van der Waals surface area contributed by atoms with E-state index in [4.69, 9.17) is 9.15 Å². The molecule has 1 amide bonds. The summed E-state index contributed by atoms with van der Waals surface area (Å²) in [6.07, 6.45) is 1.38. The minimum atomic E-state index is -0.902. The third-order valence-corrected chi connectivity index (χ3v) is 4.45. The largest absolute Gasteiger partial charge is 0.481 e. The average Bonchev–Trinajstić information content (AvgIpc) is 3.24. The number of carboxylic acids is 1. The van der Waals surface area contributed by atoms with Gasteiger partial charge in [0.1, 0.15) is 11.5 Å². The van der Waals surface area contributed by atoms with Gasteiger partial charge in [0.15, 0.2) is 11.5 Å². The number of aromatic nitrogens is 2. The molecular formula is C17H21N3O5. The van der Waals surface area contributed by atoms with Gasteiger partial charge in [0.05, 0.1) is 5.92 Å². The predicted octanol–water partition coefficient (Wildman–Crippen LogP) is 1.84. The lowest BCUT2D eigenvalue weighted by molar-refractivity contribution is -0.144. The highest BCUT2D eigenvalue weighted by molar-refractivity contribution is 5.93. The Hall–Kier alpha value is -2.61. The van der Waals surface area contributed by atoms with Gasteiger partial charge in [-0.05, 0) is 37.8 Å². The van der Waals surface area contributed by atoms with Crippen molar-refractivity contribution in [3.05, 3.63) is 29.7 Å². The Morgan fingerprint density at radius 1 is 1.40 bits per heavy atom. The lowest BCUT2D eigenvalue weighted by Gasteiger charge is -2.27. The summed E-state index contributed by atoms with van der Waals surface area (Å²) < 4.78 is 10.7. The quantitative estimate of drug-likeness (QED) is 0.734. The van der Waals surface area contributed by atoms with Crippen LogP contribution >= 0.6 is 0 Å². The van der Waals surface area contributed by atoms with Crippen molar-refractivity contribution in [3.8, 4) is 11.5 Å². The molecule has 1 fully saturated rings. The maximum absolute atomic E-state index is 12.3. The molecule has 3 rings (SSSR count). The van der Waals surface area contributed by atoms with E-state index in [1.54, 1.807) is 12.1 Å². The predicted molar refractivity (Wildman–Crippen MR) is 88.0 cm³/mol. The van der Waals surface area contributed by atoms with Crippen LogP contribution < -0.4 is 5.32 Å². The number of hydrogen-bond donors (Lipinski definition) is 3. The van der Waals surface area contributed by atoms with Crippen LogP contribution in [0.5, 0.6) is 0 Å². The van der Waals surface area contributed by atoms with Gasteiger partial charge >= 0.3 is 5.97 Å². The van der Waals surface area contributed by atoms with Crippen molar-refractivity contribution in [1.29, 1.82) is 0 Å². The van der Waals surface area contributed by atoms with Crippen LogP contribution in [0.25, 0.3) is 11.5 Å². The third kappa shape index (κ3) is 4.08. The van der Waals surface area contributed by atoms with E-state index >= 15 is 0 Å². The minimum Gasteiger partial charge on any atom is -0.481 e. The van der Waals surface area contributed by atoms with Gasteiger partial charge in [-0.1, -0.05) is 0 Å². The summed E-state index contributed by atoms with van der Waals surface area (Å²) in [5.41, 5.74) is 0.789. The standard InChI is InChI=1S/C17H21N3O5/c1-10-2-3-15(25-10)13-8-14(20-19-13)16(21)18-9-12(17(22)23)11-4-6-24-7-5-11/h2-3,8,11-12H,4-7,9H2,1H3,(H,18,21)(H,19,20)(H,22,23). The molecule has 8 heteroatoms. The summed E-state index contributed by atoms with van der Waals surface area (Å²) in [5, 5.41) is 18.8. The van der Waals surface area contributed by atoms with Gasteiger partial charge in [-0.15, -0.1) is 0 Å². The van der Waals surface area contributed by atoms with Crippen molar-refractivity contribution in [2.75, 3.05) is 19.8 Å². The van der Waals surface area contributed by atoms with Crippen molar-refractivity contribution < 1.29 is 23.8 Å². The van der Waals surface area contributed by atoms with Gasteiger partial charge in [0.2, 0.25) is 0 Å². The molecule has 0 aliphatic carbocycles. The Bertz CT molecular complexity index is 745. The van der Waals surface area contributed by atoms with Gasteiger partial charge in [0.25, 0.3) is 5.91 Å². The first kappa shape index (κ1) is 17.2. The van der Waals surface area contributed by atoms with E-state index in [1.165, 1.54) is 0 Å². The number of aryl methyl sites for hydroxylation is 1. The number of carbonyl (C=O) groups is 2. The fourth-order valence-corrected chi connectivity index (χ4v) is 3.01. The van der Waals surface area contributed by atoms with Crippen molar-refractivity contribution >= 4 is 11.9 Å². The molecule has 2 aromatic rings. The first-order chi connectivity index (χ1) is 12.0. The first-order valence-electron chi connectivity index (χ1n) is 8.25. The molecular weight excluding hydrogens is 326 g/mol. The minimum absolute atomic E-state index is 0.00684. The zero-order valence-corrected chi connectivity index (χ0v) is 13.9. The van der Waals surface area contributed by atoms with Gasteiger partial charge in [-0.25, -0.2) is 0 Å². The Labute approximate surface area is 144 Å². The molecule has 134 valence electrons. The average molecular weight is 347 g/mol. The number of ether oxygens (including phenoxy) is 1. The smallest absolute Gasteiger partial charge is 0.308 e. The topological polar surface area (TPSA) is 117 Å². The molecule has 1 aliphatic heterocycles. The number of H-pyrrole nitrogens is 1. The summed E-state index contributed by atoms with van der Waals surface area (Å²) in [4.78, 5) is 23.8. The van der Waals surface area contributed by atoms with Gasteiger partial charge < -0.3 is 19.6 Å². The second kappa shape index (κ2) is 7.52. The van der Waals surface area contributed by atoms with Crippen LogP contribution in [-0.2, 0) is 9.53 Å². The van der Waals surface area contributed by atoms with Crippen LogP contribution in [0.15, 0.2) is 22.6 Å². The lowest BCUT2D eigenvalue weighted by atomic mass is 9.86. The molecule has 0 radical (unpaired) electrons. The molecule has 3 N–H and O–H groups in total. The fraction of sp³-hybridized carbons (Fsp3) is 0.471. The van der Waals surface area contributed by atoms with E-state index in [0.29, 0.717) is 37.5 Å².